The number of nitrogens with zero attached hydrogens (tertiary/aromatic N) is 10. The van der Waals surface area contributed by atoms with Gasteiger partial charge in [-0.1, -0.05) is 6.07 Å². The van der Waals surface area contributed by atoms with E-state index in [2.05, 4.69) is 20.3 Å². The summed E-state index contributed by atoms with van der Waals surface area (Å²) in [6.07, 6.45) is 3.39. The number of hydrogen-bond acceptors (Lipinski definition) is 11. The molecule has 5 atom stereocenters. The number of carbonyl (C=O) groups is 1. The number of methoxy groups -OCH3 is 1. The molecule has 2 N–H and O–H groups in total. The first-order valence-corrected chi connectivity index (χ1v) is 19.5. The Kier molecular flexibility index (Phi) is 8.42. The number of aryl methyl sites for hydroxylation is 1. The van der Waals surface area contributed by atoms with Gasteiger partial charge in [0.25, 0.3) is 0 Å². The number of pyridine rings is 1. The van der Waals surface area contributed by atoms with Gasteiger partial charge >= 0.3 is 0 Å². The zero-order valence-electron chi connectivity index (χ0n) is 32.4. The molecule has 2 aromatic carbocycles. The van der Waals surface area contributed by atoms with Crippen LogP contribution in [0.5, 0.6) is 0 Å². The molecule has 6 aromatic rings. The third kappa shape index (κ3) is 6.01. The minimum absolute atomic E-state index is 0.0110. The predicted molar refractivity (Wildman–Crippen MR) is 210 cm³/mol. The van der Waals surface area contributed by atoms with Gasteiger partial charge in [0, 0.05) is 63.1 Å². The van der Waals surface area contributed by atoms with Crippen LogP contribution >= 0.6 is 0 Å². The number of halogens is 3. The van der Waals surface area contributed by atoms with Gasteiger partial charge in [-0.25, -0.2) is 27.8 Å². The van der Waals surface area contributed by atoms with Gasteiger partial charge in [-0.15, -0.1) is 0 Å². The number of carbonyl (C=O) groups excluding carboxylic acids is 1. The normalized spacial score (nSPS) is 25.8. The van der Waals surface area contributed by atoms with Gasteiger partial charge in [0.2, 0.25) is 11.9 Å². The highest BCUT2D eigenvalue weighted by Crippen LogP contribution is 2.46. The number of nitrogens with one attached hydrogen (secondary N) is 1. The maximum absolute atomic E-state index is 15.4. The quantitative estimate of drug-likeness (QED) is 0.249. The fraction of sp³-hybridized carbons (Fsp3) is 0.415. The SMILES string of the molecule is CO[C@H]1CN(C)C(=O)[C@@H]2C[C@@H](CN2c2nc(N3C4CC3CC(C)(O)C4)nc3c2cnn3-c2ccc(F)cc2F)Nc2cccc(n2)-c2cc(F)cc3nc(C)n(c23)C1. The van der Waals surface area contributed by atoms with Gasteiger partial charge in [0.15, 0.2) is 11.5 Å². The molecule has 14 nitrogen and oxygen atoms in total. The predicted octanol–water partition coefficient (Wildman–Crippen LogP) is 4.99. The minimum Gasteiger partial charge on any atom is -0.390 e. The molecule has 2 unspecified atom stereocenters. The Morgan fingerprint density at radius 1 is 0.948 bits per heavy atom. The molecule has 10 rings (SSSR count). The lowest BCUT2D eigenvalue weighted by Gasteiger charge is -2.57. The van der Waals surface area contributed by atoms with Crippen molar-refractivity contribution in [1.29, 1.82) is 0 Å². The molecule has 4 aliphatic rings. The summed E-state index contributed by atoms with van der Waals surface area (Å²) in [7, 11) is 3.35. The standard InChI is InChI=1S/C41H42F3N11O3/c1-21-46-32-12-23(43)10-28-31-6-5-7-35(48-31)47-24-13-34(39(56)51(3)19-27(58-4)20-52(21)36(28)32)53(18-24)37-29-17-45-55(33-9-8-22(42)11-30(33)44)38(29)50-40(49-37)54-25-14-26(54)16-41(2,57)15-25/h5-12,17,24-27,34,57H,13-16,18-20H2,1-4H3,(H,47,48)/t24-,25?,26?,27-,34-,41?/m0/s1. The third-order valence-electron chi connectivity index (χ3n) is 12.3. The Hall–Kier alpha value is -5.81. The molecule has 0 radical (unpaired) electrons. The number of anilines is 3. The molecule has 1 aliphatic carbocycles. The first-order chi connectivity index (χ1) is 27.8. The Labute approximate surface area is 331 Å². The van der Waals surface area contributed by atoms with Crippen molar-refractivity contribution in [3.63, 3.8) is 0 Å². The van der Waals surface area contributed by atoms with Gasteiger partial charge in [-0.05, 0) is 69.9 Å². The number of amides is 1. The van der Waals surface area contributed by atoms with Crippen LogP contribution in [0.3, 0.4) is 0 Å². The van der Waals surface area contributed by atoms with E-state index in [1.54, 1.807) is 25.3 Å². The first kappa shape index (κ1) is 36.5. The van der Waals surface area contributed by atoms with E-state index in [0.29, 0.717) is 83.6 Å². The highest BCUT2D eigenvalue weighted by atomic mass is 19.1. The van der Waals surface area contributed by atoms with Crippen LogP contribution in [0.2, 0.25) is 0 Å². The Morgan fingerprint density at radius 2 is 1.76 bits per heavy atom. The fourth-order valence-electron chi connectivity index (χ4n) is 9.65. The molecule has 17 heteroatoms. The van der Waals surface area contributed by atoms with Crippen molar-refractivity contribution in [2.45, 2.75) is 81.9 Å². The number of piperidine rings is 1. The fourth-order valence-corrected chi connectivity index (χ4v) is 9.65. The lowest BCUT2D eigenvalue weighted by molar-refractivity contribution is -0.132. The number of aliphatic hydroxyl groups is 1. The summed E-state index contributed by atoms with van der Waals surface area (Å²) in [6, 6.07) is 10.7. The molecule has 6 bridgehead atoms. The molecule has 2 saturated heterocycles. The van der Waals surface area contributed by atoms with E-state index < -0.39 is 35.2 Å². The van der Waals surface area contributed by atoms with Crippen molar-refractivity contribution in [3.8, 4) is 16.9 Å². The van der Waals surface area contributed by atoms with Crippen molar-refractivity contribution in [2.75, 3.05) is 42.4 Å². The van der Waals surface area contributed by atoms with Gasteiger partial charge in [-0.2, -0.15) is 15.1 Å². The summed E-state index contributed by atoms with van der Waals surface area (Å²) in [5.74, 6) is -0.0972. The average molecular weight is 794 g/mol. The maximum Gasteiger partial charge on any atom is 0.245 e. The van der Waals surface area contributed by atoms with Gasteiger partial charge in [-0.3, -0.25) is 4.79 Å². The Morgan fingerprint density at radius 3 is 2.53 bits per heavy atom. The molecule has 1 amide bonds. The number of rotatable bonds is 4. The summed E-state index contributed by atoms with van der Waals surface area (Å²) < 4.78 is 53.9. The van der Waals surface area contributed by atoms with E-state index in [4.69, 9.17) is 19.7 Å². The molecule has 1 saturated carbocycles. The van der Waals surface area contributed by atoms with Crippen LogP contribution in [0.4, 0.5) is 30.8 Å². The van der Waals surface area contributed by atoms with E-state index in [9.17, 15) is 14.3 Å². The topological polar surface area (TPSA) is 143 Å². The van der Waals surface area contributed by atoms with Crippen LogP contribution in [-0.4, -0.2) is 113 Å². The Bertz CT molecular complexity index is 2620. The molecule has 300 valence electrons. The molecular formula is C41H42F3N11O3. The summed E-state index contributed by atoms with van der Waals surface area (Å²) >= 11 is 0. The number of benzene rings is 2. The lowest BCUT2D eigenvalue weighted by atomic mass is 9.72. The van der Waals surface area contributed by atoms with Crippen LogP contribution in [-0.2, 0) is 16.1 Å². The van der Waals surface area contributed by atoms with Crippen molar-refractivity contribution in [2.24, 2.45) is 0 Å². The van der Waals surface area contributed by atoms with Gasteiger partial charge in [0.05, 0.1) is 46.6 Å². The zero-order valence-corrected chi connectivity index (χ0v) is 32.4. The summed E-state index contributed by atoms with van der Waals surface area (Å²) in [5.41, 5.74) is 1.85. The summed E-state index contributed by atoms with van der Waals surface area (Å²) in [4.78, 5) is 40.3. The second-order valence-corrected chi connectivity index (χ2v) is 16.4. The number of aromatic nitrogens is 7. The van der Waals surface area contributed by atoms with Crippen LogP contribution in [0.25, 0.3) is 39.0 Å². The van der Waals surface area contributed by atoms with E-state index in [-0.39, 0.29) is 36.3 Å². The number of fused-ring (bicyclic) bond motifs is 8. The largest absolute Gasteiger partial charge is 0.390 e. The second kappa shape index (κ2) is 13.4. The average Bonchev–Trinajstić information content (AvgIpc) is 3.87. The van der Waals surface area contributed by atoms with Crippen molar-refractivity contribution >= 4 is 45.6 Å². The molecule has 4 aromatic heterocycles. The summed E-state index contributed by atoms with van der Waals surface area (Å²) in [5, 5.41) is 19.5. The number of likely N-dealkylation sites (N-methyl/N-ethyl adjacent to an activating group) is 1. The van der Waals surface area contributed by atoms with Crippen LogP contribution in [0.1, 0.15) is 38.4 Å². The van der Waals surface area contributed by atoms with Crippen molar-refractivity contribution in [3.05, 3.63) is 78.0 Å². The van der Waals surface area contributed by atoms with E-state index in [1.807, 2.05) is 41.5 Å². The summed E-state index contributed by atoms with van der Waals surface area (Å²) in [6.45, 7) is 4.60. The third-order valence-corrected chi connectivity index (χ3v) is 12.3. The van der Waals surface area contributed by atoms with Crippen molar-refractivity contribution in [1.82, 2.24) is 39.2 Å². The minimum atomic E-state index is -0.823. The van der Waals surface area contributed by atoms with E-state index >= 15 is 8.78 Å². The van der Waals surface area contributed by atoms with Gasteiger partial charge < -0.3 is 34.4 Å². The Balaban J connectivity index is 1.10. The smallest absolute Gasteiger partial charge is 0.245 e. The molecule has 58 heavy (non-hydrogen) atoms. The van der Waals surface area contributed by atoms with Gasteiger partial charge in [0.1, 0.15) is 40.8 Å². The van der Waals surface area contributed by atoms with Crippen LogP contribution < -0.4 is 15.1 Å². The molecule has 3 fully saturated rings. The highest BCUT2D eigenvalue weighted by molar-refractivity contribution is 5.94. The number of hydrogen-bond donors (Lipinski definition) is 2. The molecule has 0 spiro atoms. The van der Waals surface area contributed by atoms with Crippen molar-refractivity contribution < 1.29 is 27.8 Å². The lowest BCUT2D eigenvalue weighted by Crippen LogP contribution is -2.65. The van der Waals surface area contributed by atoms with Crippen LogP contribution in [0.15, 0.2) is 54.7 Å². The van der Waals surface area contributed by atoms with E-state index in [0.717, 1.165) is 18.0 Å². The molecular weight excluding hydrogens is 752 g/mol. The maximum atomic E-state index is 15.4. The second-order valence-electron chi connectivity index (χ2n) is 16.4. The highest BCUT2D eigenvalue weighted by Gasteiger charge is 2.51. The molecule has 7 heterocycles. The zero-order chi connectivity index (χ0) is 40.2. The number of ether oxygens (including phenoxy) is 1. The molecule has 3 aliphatic heterocycles. The first-order valence-electron chi connectivity index (χ1n) is 19.5. The number of imidazole rings is 1. The monoisotopic (exact) mass is 793 g/mol. The van der Waals surface area contributed by atoms with E-state index in [1.165, 1.54) is 28.9 Å². The van der Waals surface area contributed by atoms with Crippen LogP contribution in [0, 0.1) is 24.4 Å².